The Morgan fingerprint density at radius 2 is 1.82 bits per heavy atom. The molecule has 0 bridgehead atoms. The van der Waals surface area contributed by atoms with E-state index in [1.807, 2.05) is 31.2 Å². The van der Waals surface area contributed by atoms with Gasteiger partial charge in [0.1, 0.15) is 11.2 Å². The molecule has 2 heterocycles. The lowest BCUT2D eigenvalue weighted by molar-refractivity contribution is -0.127. The van der Waals surface area contributed by atoms with Crippen molar-refractivity contribution in [2.24, 2.45) is 0 Å². The lowest BCUT2D eigenvalue weighted by atomic mass is 9.93. The van der Waals surface area contributed by atoms with Crippen LogP contribution in [0.15, 0.2) is 30.3 Å². The first-order valence-corrected chi connectivity index (χ1v) is 11.8. The Bertz CT molecular complexity index is 1040. The molecule has 2 aromatic rings. The van der Waals surface area contributed by atoms with Gasteiger partial charge in [-0.3, -0.25) is 19.2 Å². The van der Waals surface area contributed by atoms with Crippen molar-refractivity contribution in [1.29, 1.82) is 0 Å². The molecule has 1 aliphatic carbocycles. The van der Waals surface area contributed by atoms with E-state index in [4.69, 9.17) is 4.74 Å². The molecule has 1 unspecified atom stereocenters. The van der Waals surface area contributed by atoms with Gasteiger partial charge in [-0.15, -0.1) is 0 Å². The van der Waals surface area contributed by atoms with Gasteiger partial charge in [-0.2, -0.15) is 5.10 Å². The number of nitrogens with zero attached hydrogens (tertiary/aromatic N) is 3. The predicted octanol–water partition coefficient (Wildman–Crippen LogP) is 3.63. The number of ether oxygens (including phenoxy) is 1. The molecule has 1 saturated carbocycles. The fourth-order valence-corrected chi connectivity index (χ4v) is 4.75. The molecule has 8 heteroatoms. The Morgan fingerprint density at radius 3 is 2.45 bits per heavy atom. The van der Waals surface area contributed by atoms with Crippen LogP contribution in [0.3, 0.4) is 0 Å². The third-order valence-corrected chi connectivity index (χ3v) is 6.61. The highest BCUT2D eigenvalue weighted by atomic mass is 16.5. The number of fused-ring (bicyclic) bond motifs is 1. The monoisotopic (exact) mass is 452 g/mol. The van der Waals surface area contributed by atoms with E-state index in [2.05, 4.69) is 10.4 Å². The summed E-state index contributed by atoms with van der Waals surface area (Å²) in [6, 6.07) is 9.08. The summed E-state index contributed by atoms with van der Waals surface area (Å²) in [5.41, 5.74) is 0.816. The van der Waals surface area contributed by atoms with Crippen LogP contribution < -0.4 is 10.2 Å². The fraction of sp³-hybridized carbons (Fsp3) is 0.520. The van der Waals surface area contributed by atoms with Crippen LogP contribution >= 0.6 is 0 Å². The topological polar surface area (TPSA) is 93.5 Å². The van der Waals surface area contributed by atoms with Crippen LogP contribution in [0.25, 0.3) is 0 Å². The molecule has 8 nitrogen and oxygen atoms in total. The number of rotatable bonds is 5. The Morgan fingerprint density at radius 1 is 1.15 bits per heavy atom. The summed E-state index contributed by atoms with van der Waals surface area (Å²) in [7, 11) is 0. The molecule has 1 aromatic carbocycles. The third-order valence-electron chi connectivity index (χ3n) is 6.61. The van der Waals surface area contributed by atoms with Crippen LogP contribution in [0.4, 0.5) is 5.69 Å². The van der Waals surface area contributed by atoms with Gasteiger partial charge in [0.2, 0.25) is 5.91 Å². The molecular formula is C25H32N4O4. The Balaban J connectivity index is 1.72. The normalized spacial score (nSPS) is 21.3. The van der Waals surface area contributed by atoms with Crippen molar-refractivity contribution < 1.29 is 19.1 Å². The second kappa shape index (κ2) is 9.37. The largest absolute Gasteiger partial charge is 0.461 e. The van der Waals surface area contributed by atoms with E-state index in [9.17, 15) is 14.4 Å². The van der Waals surface area contributed by atoms with Gasteiger partial charge in [0.25, 0.3) is 5.91 Å². The van der Waals surface area contributed by atoms with Crippen LogP contribution in [-0.2, 0) is 16.1 Å². The molecule has 33 heavy (non-hydrogen) atoms. The van der Waals surface area contributed by atoms with Crippen LogP contribution in [-0.4, -0.2) is 45.8 Å². The SMILES string of the molecule is CCOC(=O)c1cc2n(n1)CC(C)(C(=O)NC1CCCCCC1)N(c1ccc(C)cc1)C2=O. The standard InChI is InChI=1S/C25H32N4O4/c1-4-33-23(31)20-15-21-22(30)29(19-13-11-17(2)12-14-19)25(3,16-28(21)27-20)24(32)26-18-9-7-5-6-8-10-18/h11-15,18H,4-10,16H2,1-3H3,(H,26,32). The second-order valence-electron chi connectivity index (χ2n) is 9.20. The number of hydrogen-bond acceptors (Lipinski definition) is 5. The lowest BCUT2D eigenvalue weighted by Gasteiger charge is -2.43. The highest BCUT2D eigenvalue weighted by Gasteiger charge is 2.49. The van der Waals surface area contributed by atoms with Gasteiger partial charge in [-0.25, -0.2) is 4.79 Å². The first kappa shape index (κ1) is 23.0. The number of amides is 2. The minimum atomic E-state index is -1.20. The zero-order valence-electron chi connectivity index (χ0n) is 19.6. The summed E-state index contributed by atoms with van der Waals surface area (Å²) in [5.74, 6) is -1.16. The molecule has 0 radical (unpaired) electrons. The zero-order chi connectivity index (χ0) is 23.6. The summed E-state index contributed by atoms with van der Waals surface area (Å²) in [6.45, 7) is 5.81. The van der Waals surface area contributed by atoms with Crippen molar-refractivity contribution in [2.45, 2.75) is 77.4 Å². The molecule has 2 aliphatic rings. The summed E-state index contributed by atoms with van der Waals surface area (Å²) >= 11 is 0. The molecule has 2 amide bonds. The number of anilines is 1. The van der Waals surface area contributed by atoms with E-state index in [0.717, 1.165) is 31.2 Å². The van der Waals surface area contributed by atoms with Crippen LogP contribution in [0.1, 0.15) is 78.9 Å². The van der Waals surface area contributed by atoms with Gasteiger partial charge in [0.05, 0.1) is 13.2 Å². The van der Waals surface area contributed by atoms with E-state index in [1.165, 1.54) is 23.6 Å². The van der Waals surface area contributed by atoms with E-state index >= 15 is 0 Å². The summed E-state index contributed by atoms with van der Waals surface area (Å²) < 4.78 is 6.52. The van der Waals surface area contributed by atoms with Crippen molar-refractivity contribution in [3.63, 3.8) is 0 Å². The maximum absolute atomic E-state index is 13.7. The Kier molecular flexibility index (Phi) is 6.54. The molecule has 1 N–H and O–H groups in total. The fourth-order valence-electron chi connectivity index (χ4n) is 4.75. The average Bonchev–Trinajstić information content (AvgIpc) is 3.04. The van der Waals surface area contributed by atoms with E-state index in [-0.39, 0.29) is 42.4 Å². The molecule has 0 spiro atoms. The van der Waals surface area contributed by atoms with Gasteiger partial charge in [0.15, 0.2) is 5.69 Å². The van der Waals surface area contributed by atoms with Crippen LogP contribution in [0, 0.1) is 6.92 Å². The van der Waals surface area contributed by atoms with Crippen LogP contribution in [0.2, 0.25) is 0 Å². The minimum Gasteiger partial charge on any atom is -0.461 e. The van der Waals surface area contributed by atoms with Gasteiger partial charge in [-0.1, -0.05) is 43.4 Å². The van der Waals surface area contributed by atoms with Gasteiger partial charge in [0, 0.05) is 17.8 Å². The van der Waals surface area contributed by atoms with Gasteiger partial charge in [-0.05, 0) is 45.7 Å². The second-order valence-corrected chi connectivity index (χ2v) is 9.20. The maximum Gasteiger partial charge on any atom is 0.358 e. The number of aromatic nitrogens is 2. The van der Waals surface area contributed by atoms with E-state index in [0.29, 0.717) is 5.69 Å². The highest BCUT2D eigenvalue weighted by molar-refractivity contribution is 6.12. The molecule has 0 saturated heterocycles. The highest BCUT2D eigenvalue weighted by Crippen LogP contribution is 2.33. The maximum atomic E-state index is 13.7. The van der Waals surface area contributed by atoms with Gasteiger partial charge < -0.3 is 10.1 Å². The average molecular weight is 453 g/mol. The minimum absolute atomic E-state index is 0.0671. The molecular weight excluding hydrogens is 420 g/mol. The Hall–Kier alpha value is -3.16. The van der Waals surface area contributed by atoms with Crippen molar-refractivity contribution in [3.05, 3.63) is 47.3 Å². The smallest absolute Gasteiger partial charge is 0.358 e. The zero-order valence-corrected chi connectivity index (χ0v) is 19.6. The summed E-state index contributed by atoms with van der Waals surface area (Å²) in [5, 5.41) is 7.53. The van der Waals surface area contributed by atoms with E-state index in [1.54, 1.807) is 18.7 Å². The molecule has 176 valence electrons. The lowest BCUT2D eigenvalue weighted by Crippen LogP contribution is -2.65. The van der Waals surface area contributed by atoms with Crippen LogP contribution in [0.5, 0.6) is 0 Å². The number of aryl methyl sites for hydroxylation is 1. The van der Waals surface area contributed by atoms with Crippen molar-refractivity contribution in [3.8, 4) is 0 Å². The molecule has 1 aliphatic heterocycles. The number of carbonyl (C=O) groups is 3. The quantitative estimate of drug-likeness (QED) is 0.552. The number of esters is 1. The summed E-state index contributed by atoms with van der Waals surface area (Å²) in [4.78, 5) is 41.2. The first-order chi connectivity index (χ1) is 15.8. The summed E-state index contributed by atoms with van der Waals surface area (Å²) in [6.07, 6.45) is 6.44. The van der Waals surface area contributed by atoms with E-state index < -0.39 is 11.5 Å². The number of carbonyl (C=O) groups excluding carboxylic acids is 3. The molecule has 1 fully saturated rings. The first-order valence-electron chi connectivity index (χ1n) is 11.8. The van der Waals surface area contributed by atoms with Crippen molar-refractivity contribution in [2.75, 3.05) is 11.5 Å². The molecule has 1 atom stereocenters. The predicted molar refractivity (Wildman–Crippen MR) is 124 cm³/mol. The third kappa shape index (κ3) is 4.51. The number of nitrogens with one attached hydrogen (secondary N) is 1. The molecule has 1 aromatic heterocycles. The molecule has 4 rings (SSSR count). The van der Waals surface area contributed by atoms with Gasteiger partial charge >= 0.3 is 5.97 Å². The number of hydrogen-bond donors (Lipinski definition) is 1. The van der Waals surface area contributed by atoms with Crippen molar-refractivity contribution >= 4 is 23.5 Å². The van der Waals surface area contributed by atoms with Crippen molar-refractivity contribution in [1.82, 2.24) is 15.1 Å². The Labute approximate surface area is 194 Å². The number of benzene rings is 1.